The molecule has 0 aliphatic carbocycles. The molecule has 1 fully saturated rings. The summed E-state index contributed by atoms with van der Waals surface area (Å²) < 4.78 is 7.22. The van der Waals surface area contributed by atoms with Crippen molar-refractivity contribution < 1.29 is 9.53 Å². The number of amides is 1. The van der Waals surface area contributed by atoms with E-state index in [0.29, 0.717) is 13.1 Å². The van der Waals surface area contributed by atoms with Crippen molar-refractivity contribution >= 4 is 17.4 Å². The molecule has 7 nitrogen and oxygen atoms in total. The Morgan fingerprint density at radius 1 is 1.18 bits per heavy atom. The zero-order valence-electron chi connectivity index (χ0n) is 13.2. The number of anilines is 1. The first-order valence-electron chi connectivity index (χ1n) is 7.45. The first kappa shape index (κ1) is 14.6. The summed E-state index contributed by atoms with van der Waals surface area (Å²) in [4.78, 5) is 20.5. The van der Waals surface area contributed by atoms with Crippen LogP contribution >= 0.6 is 0 Å². The van der Waals surface area contributed by atoms with Gasteiger partial charge in [-0.15, -0.1) is 0 Å². The van der Waals surface area contributed by atoms with Crippen LogP contribution in [0, 0.1) is 0 Å². The molecule has 2 aromatic rings. The Kier molecular flexibility index (Phi) is 3.64. The fourth-order valence-corrected chi connectivity index (χ4v) is 2.51. The van der Waals surface area contributed by atoms with Gasteiger partial charge in [-0.25, -0.2) is 14.3 Å². The molecular formula is C15H21N5O2. The Labute approximate surface area is 129 Å². The van der Waals surface area contributed by atoms with Crippen molar-refractivity contribution in [2.75, 3.05) is 31.1 Å². The average molecular weight is 303 g/mol. The first-order chi connectivity index (χ1) is 10.4. The van der Waals surface area contributed by atoms with Crippen LogP contribution in [0.2, 0.25) is 0 Å². The molecule has 0 N–H and O–H groups in total. The molecule has 0 atom stereocenters. The second-order valence-electron chi connectivity index (χ2n) is 6.37. The molecule has 0 radical (unpaired) electrons. The number of ether oxygens (including phenoxy) is 1. The molecule has 0 unspecified atom stereocenters. The third-order valence-electron chi connectivity index (χ3n) is 3.53. The van der Waals surface area contributed by atoms with Gasteiger partial charge in [0.25, 0.3) is 0 Å². The highest BCUT2D eigenvalue weighted by Gasteiger charge is 2.26. The van der Waals surface area contributed by atoms with Gasteiger partial charge in [0.05, 0.1) is 6.20 Å². The number of nitrogens with zero attached hydrogens (tertiary/aromatic N) is 5. The van der Waals surface area contributed by atoms with Crippen LogP contribution in [0.4, 0.5) is 10.6 Å². The molecule has 1 amide bonds. The lowest BCUT2D eigenvalue weighted by atomic mass is 10.2. The van der Waals surface area contributed by atoms with E-state index in [0.717, 1.165) is 24.4 Å². The van der Waals surface area contributed by atoms with Crippen LogP contribution in [-0.2, 0) is 4.74 Å². The number of carbonyl (C=O) groups excluding carboxylic acids is 1. The molecule has 3 heterocycles. The van der Waals surface area contributed by atoms with Crippen molar-refractivity contribution in [3.63, 3.8) is 0 Å². The molecule has 118 valence electrons. The third-order valence-corrected chi connectivity index (χ3v) is 3.53. The molecule has 0 bridgehead atoms. The summed E-state index contributed by atoms with van der Waals surface area (Å²) >= 11 is 0. The van der Waals surface area contributed by atoms with Crippen LogP contribution in [-0.4, -0.2) is 57.4 Å². The number of piperazine rings is 1. The summed E-state index contributed by atoms with van der Waals surface area (Å²) in [5, 5.41) is 4.22. The van der Waals surface area contributed by atoms with Gasteiger partial charge in [0, 0.05) is 38.6 Å². The van der Waals surface area contributed by atoms with Crippen LogP contribution in [0.5, 0.6) is 0 Å². The van der Waals surface area contributed by atoms with Crippen LogP contribution in [0.1, 0.15) is 20.8 Å². The monoisotopic (exact) mass is 303 g/mol. The van der Waals surface area contributed by atoms with E-state index in [1.165, 1.54) is 0 Å². The summed E-state index contributed by atoms with van der Waals surface area (Å²) in [5.74, 6) is 0.906. The van der Waals surface area contributed by atoms with Crippen molar-refractivity contribution in [1.82, 2.24) is 19.5 Å². The Bertz CT molecular complexity index is 668. The lowest BCUT2D eigenvalue weighted by molar-refractivity contribution is 0.0240. The number of fused-ring (bicyclic) bond motifs is 1. The van der Waals surface area contributed by atoms with E-state index in [9.17, 15) is 4.79 Å². The van der Waals surface area contributed by atoms with Crippen LogP contribution < -0.4 is 4.90 Å². The average Bonchev–Trinajstić information content (AvgIpc) is 2.94. The van der Waals surface area contributed by atoms with Crippen LogP contribution in [0.3, 0.4) is 0 Å². The fourth-order valence-electron chi connectivity index (χ4n) is 2.51. The van der Waals surface area contributed by atoms with Gasteiger partial charge >= 0.3 is 6.09 Å². The van der Waals surface area contributed by atoms with Crippen molar-refractivity contribution in [3.8, 4) is 0 Å². The minimum absolute atomic E-state index is 0.248. The predicted molar refractivity (Wildman–Crippen MR) is 83.0 cm³/mol. The summed E-state index contributed by atoms with van der Waals surface area (Å²) in [7, 11) is 0. The molecule has 0 spiro atoms. The summed E-state index contributed by atoms with van der Waals surface area (Å²) in [6.45, 7) is 8.37. The maximum absolute atomic E-state index is 12.1. The zero-order chi connectivity index (χ0) is 15.7. The second-order valence-corrected chi connectivity index (χ2v) is 6.37. The SMILES string of the molecule is CC(C)(C)OC(=O)N1CCN(c2nccn3nccc23)CC1. The molecule has 7 heteroatoms. The van der Waals surface area contributed by atoms with E-state index in [4.69, 9.17) is 4.74 Å². The van der Waals surface area contributed by atoms with Gasteiger partial charge in [0.15, 0.2) is 5.82 Å². The highest BCUT2D eigenvalue weighted by atomic mass is 16.6. The van der Waals surface area contributed by atoms with E-state index >= 15 is 0 Å². The highest BCUT2D eigenvalue weighted by Crippen LogP contribution is 2.20. The highest BCUT2D eigenvalue weighted by molar-refractivity contribution is 5.70. The van der Waals surface area contributed by atoms with Gasteiger partial charge in [-0.05, 0) is 26.8 Å². The van der Waals surface area contributed by atoms with Crippen molar-refractivity contribution in [2.45, 2.75) is 26.4 Å². The lowest BCUT2D eigenvalue weighted by Crippen LogP contribution is -2.50. The number of carbonyl (C=O) groups is 1. The minimum atomic E-state index is -0.459. The normalized spacial score (nSPS) is 16.1. The van der Waals surface area contributed by atoms with Crippen LogP contribution in [0.15, 0.2) is 24.7 Å². The Hall–Kier alpha value is -2.31. The van der Waals surface area contributed by atoms with Crippen LogP contribution in [0.25, 0.3) is 5.52 Å². The fraction of sp³-hybridized carbons (Fsp3) is 0.533. The van der Waals surface area contributed by atoms with Crippen molar-refractivity contribution in [1.29, 1.82) is 0 Å². The van der Waals surface area contributed by atoms with E-state index in [1.54, 1.807) is 17.3 Å². The van der Waals surface area contributed by atoms with E-state index in [2.05, 4.69) is 15.0 Å². The smallest absolute Gasteiger partial charge is 0.410 e. The van der Waals surface area contributed by atoms with Gasteiger partial charge in [-0.1, -0.05) is 0 Å². The topological polar surface area (TPSA) is 63.0 Å². The lowest BCUT2D eigenvalue weighted by Gasteiger charge is -2.36. The molecule has 0 saturated carbocycles. The molecule has 1 aliphatic rings. The largest absolute Gasteiger partial charge is 0.444 e. The van der Waals surface area contributed by atoms with E-state index in [1.807, 2.05) is 37.5 Å². The third kappa shape index (κ3) is 2.98. The van der Waals surface area contributed by atoms with Gasteiger partial charge < -0.3 is 14.5 Å². The number of hydrogen-bond donors (Lipinski definition) is 0. The minimum Gasteiger partial charge on any atom is -0.444 e. The van der Waals surface area contributed by atoms with Crippen molar-refractivity contribution in [2.24, 2.45) is 0 Å². The van der Waals surface area contributed by atoms with E-state index in [-0.39, 0.29) is 6.09 Å². The molecule has 0 aromatic carbocycles. The van der Waals surface area contributed by atoms with Gasteiger partial charge in [0.1, 0.15) is 11.1 Å². The zero-order valence-corrected chi connectivity index (χ0v) is 13.2. The molecule has 3 rings (SSSR count). The summed E-state index contributed by atoms with van der Waals surface area (Å²) in [6.07, 6.45) is 5.09. The summed E-state index contributed by atoms with van der Waals surface area (Å²) in [5.41, 5.74) is 0.520. The molecular weight excluding hydrogens is 282 g/mol. The van der Waals surface area contributed by atoms with Gasteiger partial charge in [-0.2, -0.15) is 5.10 Å². The number of hydrogen-bond acceptors (Lipinski definition) is 5. The Balaban J connectivity index is 1.67. The second kappa shape index (κ2) is 5.47. The molecule has 1 aliphatic heterocycles. The molecule has 1 saturated heterocycles. The Morgan fingerprint density at radius 2 is 1.91 bits per heavy atom. The maximum Gasteiger partial charge on any atom is 0.410 e. The standard InChI is InChI=1S/C15H21N5O2/c1-15(2,3)22-14(21)19-10-8-18(9-11-19)13-12-4-5-17-20(12)7-6-16-13/h4-7H,8-11H2,1-3H3. The van der Waals surface area contributed by atoms with Crippen molar-refractivity contribution in [3.05, 3.63) is 24.7 Å². The number of rotatable bonds is 1. The number of aromatic nitrogens is 3. The maximum atomic E-state index is 12.1. The Morgan fingerprint density at radius 3 is 2.59 bits per heavy atom. The predicted octanol–water partition coefficient (Wildman–Crippen LogP) is 1.79. The quantitative estimate of drug-likeness (QED) is 0.803. The van der Waals surface area contributed by atoms with E-state index < -0.39 is 5.60 Å². The molecule has 2 aromatic heterocycles. The molecule has 22 heavy (non-hydrogen) atoms. The first-order valence-corrected chi connectivity index (χ1v) is 7.45. The summed E-state index contributed by atoms with van der Waals surface area (Å²) in [6, 6.07) is 1.95. The van der Waals surface area contributed by atoms with Gasteiger partial charge in [-0.3, -0.25) is 0 Å². The van der Waals surface area contributed by atoms with Gasteiger partial charge in [0.2, 0.25) is 0 Å².